The molecule has 0 aromatic carbocycles. The lowest BCUT2D eigenvalue weighted by Crippen LogP contribution is -2.36. The van der Waals surface area contributed by atoms with Crippen molar-refractivity contribution in [3.05, 3.63) is 0 Å². The zero-order valence-electron chi connectivity index (χ0n) is 6.98. The summed E-state index contributed by atoms with van der Waals surface area (Å²) in [6.45, 7) is 3.72. The quantitative estimate of drug-likeness (QED) is 0.669. The van der Waals surface area contributed by atoms with Gasteiger partial charge < -0.3 is 10.1 Å². The van der Waals surface area contributed by atoms with E-state index in [0.29, 0.717) is 0 Å². The molecule has 11 heavy (non-hydrogen) atoms. The lowest BCUT2D eigenvalue weighted by Gasteiger charge is -2.23. The monoisotopic (exact) mass is 161 g/mol. The first-order valence-electron chi connectivity index (χ1n) is 4.25. The standard InChI is InChI=1S/C8H16FNO/c1-7(9)6-11-8-3-2-4-10-5-8/h7-8,10H,2-6H2,1H3. The maximum absolute atomic E-state index is 12.3. The minimum absolute atomic E-state index is 0.238. The number of hydrogen-bond acceptors (Lipinski definition) is 2. The molecule has 1 rings (SSSR count). The molecule has 0 amide bonds. The summed E-state index contributed by atoms with van der Waals surface area (Å²) in [5.74, 6) is 0. The molecule has 1 heterocycles. The molecule has 0 aromatic heterocycles. The highest BCUT2D eigenvalue weighted by atomic mass is 19.1. The zero-order valence-corrected chi connectivity index (χ0v) is 6.98. The molecule has 1 saturated heterocycles. The van der Waals surface area contributed by atoms with Crippen molar-refractivity contribution in [2.45, 2.75) is 32.0 Å². The van der Waals surface area contributed by atoms with Crippen molar-refractivity contribution in [2.24, 2.45) is 0 Å². The molecule has 1 aliphatic rings. The Hall–Kier alpha value is -0.150. The van der Waals surface area contributed by atoms with Crippen LogP contribution in [0.5, 0.6) is 0 Å². The van der Waals surface area contributed by atoms with Gasteiger partial charge in [0.05, 0.1) is 12.7 Å². The summed E-state index contributed by atoms with van der Waals surface area (Å²) in [6, 6.07) is 0. The van der Waals surface area contributed by atoms with Gasteiger partial charge in [0.25, 0.3) is 0 Å². The number of halogens is 1. The molecule has 1 aliphatic heterocycles. The Balaban J connectivity index is 2.05. The Kier molecular flexibility index (Phi) is 3.80. The van der Waals surface area contributed by atoms with Crippen LogP contribution in [0, 0.1) is 0 Å². The number of alkyl halides is 1. The topological polar surface area (TPSA) is 21.3 Å². The van der Waals surface area contributed by atoms with Crippen LogP contribution in [0.15, 0.2) is 0 Å². The maximum Gasteiger partial charge on any atom is 0.121 e. The molecule has 0 saturated carbocycles. The Labute approximate surface area is 67.1 Å². The number of hydrogen-bond donors (Lipinski definition) is 1. The van der Waals surface area contributed by atoms with E-state index in [-0.39, 0.29) is 12.7 Å². The summed E-state index contributed by atoms with van der Waals surface area (Å²) in [6.07, 6.45) is 1.62. The SMILES string of the molecule is CC(F)COC1CCCNC1. The Morgan fingerprint density at radius 3 is 3.09 bits per heavy atom. The van der Waals surface area contributed by atoms with E-state index < -0.39 is 6.17 Å². The highest BCUT2D eigenvalue weighted by molar-refractivity contribution is 4.68. The van der Waals surface area contributed by atoms with Crippen LogP contribution < -0.4 is 5.32 Å². The Morgan fingerprint density at radius 1 is 1.73 bits per heavy atom. The lowest BCUT2D eigenvalue weighted by atomic mass is 10.1. The van der Waals surface area contributed by atoms with Gasteiger partial charge in [0.15, 0.2) is 0 Å². The van der Waals surface area contributed by atoms with E-state index in [1.807, 2.05) is 0 Å². The number of nitrogens with one attached hydrogen (secondary N) is 1. The third-order valence-electron chi connectivity index (χ3n) is 1.81. The highest BCUT2D eigenvalue weighted by Gasteiger charge is 2.13. The number of rotatable bonds is 3. The average molecular weight is 161 g/mol. The average Bonchev–Trinajstić information content (AvgIpc) is 2.03. The fourth-order valence-electron chi connectivity index (χ4n) is 1.23. The van der Waals surface area contributed by atoms with Crippen molar-refractivity contribution in [2.75, 3.05) is 19.7 Å². The highest BCUT2D eigenvalue weighted by Crippen LogP contribution is 2.06. The Bertz CT molecular complexity index is 102. The normalized spacial score (nSPS) is 28.4. The minimum atomic E-state index is -0.836. The first-order valence-corrected chi connectivity index (χ1v) is 4.25. The second-order valence-corrected chi connectivity index (χ2v) is 3.08. The van der Waals surface area contributed by atoms with Crippen LogP contribution in [-0.2, 0) is 4.74 Å². The molecule has 2 nitrogen and oxygen atoms in total. The van der Waals surface area contributed by atoms with E-state index in [1.54, 1.807) is 0 Å². The number of ether oxygens (including phenoxy) is 1. The van der Waals surface area contributed by atoms with Crippen LogP contribution in [0.4, 0.5) is 4.39 Å². The summed E-state index contributed by atoms with van der Waals surface area (Å²) < 4.78 is 17.6. The summed E-state index contributed by atoms with van der Waals surface area (Å²) in [5.41, 5.74) is 0. The predicted molar refractivity (Wildman–Crippen MR) is 42.4 cm³/mol. The predicted octanol–water partition coefficient (Wildman–Crippen LogP) is 1.11. The lowest BCUT2D eigenvalue weighted by molar-refractivity contribution is 0.0106. The molecule has 1 N–H and O–H groups in total. The Morgan fingerprint density at radius 2 is 2.55 bits per heavy atom. The van der Waals surface area contributed by atoms with Crippen molar-refractivity contribution in [1.29, 1.82) is 0 Å². The van der Waals surface area contributed by atoms with Crippen LogP contribution >= 0.6 is 0 Å². The minimum Gasteiger partial charge on any atom is -0.374 e. The molecule has 3 heteroatoms. The van der Waals surface area contributed by atoms with Crippen LogP contribution in [-0.4, -0.2) is 32.0 Å². The second kappa shape index (κ2) is 4.67. The summed E-state index contributed by atoms with van der Waals surface area (Å²) in [7, 11) is 0. The summed E-state index contributed by atoms with van der Waals surface area (Å²) in [5, 5.41) is 3.21. The van der Waals surface area contributed by atoms with Gasteiger partial charge in [0, 0.05) is 6.54 Å². The van der Waals surface area contributed by atoms with Crippen molar-refractivity contribution < 1.29 is 9.13 Å². The summed E-state index contributed by atoms with van der Waals surface area (Å²) in [4.78, 5) is 0. The molecule has 0 spiro atoms. The molecule has 2 atom stereocenters. The van der Waals surface area contributed by atoms with Crippen LogP contribution in [0.2, 0.25) is 0 Å². The van der Waals surface area contributed by atoms with Crippen LogP contribution in [0.3, 0.4) is 0 Å². The zero-order chi connectivity index (χ0) is 8.10. The second-order valence-electron chi connectivity index (χ2n) is 3.08. The van der Waals surface area contributed by atoms with E-state index in [4.69, 9.17) is 4.74 Å². The van der Waals surface area contributed by atoms with Gasteiger partial charge >= 0.3 is 0 Å². The van der Waals surface area contributed by atoms with Gasteiger partial charge in [-0.1, -0.05) is 0 Å². The van der Waals surface area contributed by atoms with Crippen molar-refractivity contribution >= 4 is 0 Å². The molecule has 1 fully saturated rings. The molecular weight excluding hydrogens is 145 g/mol. The first-order chi connectivity index (χ1) is 5.29. The van der Waals surface area contributed by atoms with Crippen LogP contribution in [0.1, 0.15) is 19.8 Å². The van der Waals surface area contributed by atoms with Gasteiger partial charge in [-0.2, -0.15) is 0 Å². The van der Waals surface area contributed by atoms with Crippen LogP contribution in [0.25, 0.3) is 0 Å². The van der Waals surface area contributed by atoms with E-state index in [1.165, 1.54) is 6.92 Å². The van der Waals surface area contributed by atoms with E-state index in [0.717, 1.165) is 25.9 Å². The van der Waals surface area contributed by atoms with Gasteiger partial charge in [-0.15, -0.1) is 0 Å². The molecule has 66 valence electrons. The number of piperidine rings is 1. The van der Waals surface area contributed by atoms with Gasteiger partial charge in [0.2, 0.25) is 0 Å². The first kappa shape index (κ1) is 8.94. The largest absolute Gasteiger partial charge is 0.374 e. The molecule has 0 aliphatic carbocycles. The fourth-order valence-corrected chi connectivity index (χ4v) is 1.23. The smallest absolute Gasteiger partial charge is 0.121 e. The van der Waals surface area contributed by atoms with Gasteiger partial charge in [-0.25, -0.2) is 4.39 Å². The van der Waals surface area contributed by atoms with Gasteiger partial charge in [-0.05, 0) is 26.3 Å². The molecular formula is C8H16FNO. The van der Waals surface area contributed by atoms with Crippen molar-refractivity contribution in [3.63, 3.8) is 0 Å². The van der Waals surface area contributed by atoms with Crippen molar-refractivity contribution in [1.82, 2.24) is 5.32 Å². The van der Waals surface area contributed by atoms with Gasteiger partial charge in [-0.3, -0.25) is 0 Å². The maximum atomic E-state index is 12.3. The van der Waals surface area contributed by atoms with Crippen molar-refractivity contribution in [3.8, 4) is 0 Å². The third kappa shape index (κ3) is 3.68. The molecule has 2 unspecified atom stereocenters. The molecule has 0 radical (unpaired) electrons. The molecule has 0 bridgehead atoms. The summed E-state index contributed by atoms with van der Waals surface area (Å²) >= 11 is 0. The fraction of sp³-hybridized carbons (Fsp3) is 1.00. The molecule has 0 aromatic rings. The van der Waals surface area contributed by atoms with E-state index in [2.05, 4.69) is 5.32 Å². The van der Waals surface area contributed by atoms with E-state index >= 15 is 0 Å². The van der Waals surface area contributed by atoms with Gasteiger partial charge in [0.1, 0.15) is 6.17 Å². The third-order valence-corrected chi connectivity index (χ3v) is 1.81. The van der Waals surface area contributed by atoms with E-state index in [9.17, 15) is 4.39 Å².